The Labute approximate surface area is 143 Å². The third-order valence-corrected chi connectivity index (χ3v) is 5.40. The minimum atomic E-state index is -0.981. The molecule has 1 saturated heterocycles. The maximum atomic E-state index is 11.1. The molecule has 0 unspecified atom stereocenters. The number of rotatable bonds is 7. The average molecular weight is 333 g/mol. The van der Waals surface area contributed by atoms with Crippen molar-refractivity contribution in [2.24, 2.45) is 11.3 Å². The van der Waals surface area contributed by atoms with E-state index in [1.54, 1.807) is 13.2 Å². The van der Waals surface area contributed by atoms with Crippen LogP contribution in [0.2, 0.25) is 0 Å². The first kappa shape index (κ1) is 17.2. The van der Waals surface area contributed by atoms with E-state index in [9.17, 15) is 4.79 Å². The van der Waals surface area contributed by atoms with Crippen molar-refractivity contribution < 1.29 is 14.6 Å². The molecule has 1 aromatic heterocycles. The predicted molar refractivity (Wildman–Crippen MR) is 92.5 cm³/mol. The van der Waals surface area contributed by atoms with Crippen molar-refractivity contribution in [2.45, 2.75) is 32.2 Å². The number of methoxy groups -OCH3 is 1. The van der Waals surface area contributed by atoms with Crippen molar-refractivity contribution >= 4 is 11.8 Å². The third-order valence-electron chi connectivity index (χ3n) is 5.40. The van der Waals surface area contributed by atoms with Crippen LogP contribution in [0.5, 0.6) is 0 Å². The average Bonchev–Trinajstić information content (AvgIpc) is 3.30. The van der Waals surface area contributed by atoms with Crippen LogP contribution in [-0.4, -0.2) is 55.5 Å². The summed E-state index contributed by atoms with van der Waals surface area (Å²) >= 11 is 0. The molecule has 0 spiro atoms. The molecule has 6 nitrogen and oxygen atoms in total. The molecule has 0 radical (unpaired) electrons. The van der Waals surface area contributed by atoms with E-state index in [0.717, 1.165) is 50.8 Å². The van der Waals surface area contributed by atoms with Gasteiger partial charge in [-0.25, -0.2) is 9.78 Å². The summed E-state index contributed by atoms with van der Waals surface area (Å²) in [5.41, 5.74) is 0.267. The Hall–Kier alpha value is -1.66. The fourth-order valence-electron chi connectivity index (χ4n) is 3.56. The van der Waals surface area contributed by atoms with E-state index in [2.05, 4.69) is 22.1 Å². The molecule has 1 aromatic rings. The molecule has 2 heterocycles. The molecule has 2 fully saturated rings. The maximum absolute atomic E-state index is 11.1. The van der Waals surface area contributed by atoms with E-state index in [1.807, 2.05) is 6.07 Å². The molecule has 0 bridgehead atoms. The van der Waals surface area contributed by atoms with Crippen LogP contribution in [0, 0.1) is 11.3 Å². The van der Waals surface area contributed by atoms with E-state index in [0.29, 0.717) is 6.04 Å². The molecule has 132 valence electrons. The zero-order chi connectivity index (χ0) is 17.2. The lowest BCUT2D eigenvalue weighted by Crippen LogP contribution is -2.48. The van der Waals surface area contributed by atoms with Crippen LogP contribution in [0.1, 0.15) is 36.7 Å². The summed E-state index contributed by atoms with van der Waals surface area (Å²) in [6.07, 6.45) is 3.32. The summed E-state index contributed by atoms with van der Waals surface area (Å²) in [6, 6.07) is 5.86. The topological polar surface area (TPSA) is 74.7 Å². The van der Waals surface area contributed by atoms with Gasteiger partial charge in [0.25, 0.3) is 0 Å². The van der Waals surface area contributed by atoms with Gasteiger partial charge in [0.05, 0.1) is 6.61 Å². The Morgan fingerprint density at radius 1 is 1.46 bits per heavy atom. The highest BCUT2D eigenvalue weighted by atomic mass is 16.5. The number of ether oxygens (including phenoxy) is 1. The first-order valence-corrected chi connectivity index (χ1v) is 8.71. The van der Waals surface area contributed by atoms with Crippen LogP contribution >= 0.6 is 0 Å². The van der Waals surface area contributed by atoms with Gasteiger partial charge in [-0.05, 0) is 37.3 Å². The predicted octanol–water partition coefficient (Wildman–Crippen LogP) is 2.01. The minimum absolute atomic E-state index is 0.102. The highest BCUT2D eigenvalue weighted by Gasteiger charge is 2.39. The number of carboxylic acid groups (broad SMARTS) is 1. The molecular weight excluding hydrogens is 306 g/mol. The van der Waals surface area contributed by atoms with Gasteiger partial charge in [0, 0.05) is 38.2 Å². The Bertz CT molecular complexity index is 585. The van der Waals surface area contributed by atoms with Crippen molar-refractivity contribution in [3.63, 3.8) is 0 Å². The van der Waals surface area contributed by atoms with Gasteiger partial charge in [-0.3, -0.25) is 0 Å². The van der Waals surface area contributed by atoms with Gasteiger partial charge in [-0.1, -0.05) is 13.0 Å². The minimum Gasteiger partial charge on any atom is -0.477 e. The second kappa shape index (κ2) is 7.07. The van der Waals surface area contributed by atoms with Gasteiger partial charge in [0.2, 0.25) is 0 Å². The maximum Gasteiger partial charge on any atom is 0.354 e. The molecular formula is C18H27N3O3. The van der Waals surface area contributed by atoms with Crippen LogP contribution in [0.15, 0.2) is 18.2 Å². The van der Waals surface area contributed by atoms with Crippen molar-refractivity contribution in [2.75, 3.05) is 38.3 Å². The normalized spacial score (nSPS) is 25.5. The SMILES string of the molecule is COCC1(CN[C@@H]2C[C@H]2C)CCN(c2cccc(C(=O)O)n2)CC1. The first-order chi connectivity index (χ1) is 11.5. The van der Waals surface area contributed by atoms with Crippen LogP contribution in [0.4, 0.5) is 5.82 Å². The van der Waals surface area contributed by atoms with E-state index >= 15 is 0 Å². The van der Waals surface area contributed by atoms with Gasteiger partial charge in [0.15, 0.2) is 5.69 Å². The lowest BCUT2D eigenvalue weighted by Gasteiger charge is -2.42. The number of pyridine rings is 1. The van der Waals surface area contributed by atoms with E-state index in [4.69, 9.17) is 9.84 Å². The molecule has 1 saturated carbocycles. The van der Waals surface area contributed by atoms with Gasteiger partial charge < -0.3 is 20.1 Å². The fraction of sp³-hybridized carbons (Fsp3) is 0.667. The number of anilines is 1. The Morgan fingerprint density at radius 3 is 2.75 bits per heavy atom. The molecule has 2 aliphatic rings. The summed E-state index contributed by atoms with van der Waals surface area (Å²) in [5.74, 6) is 0.572. The number of hydrogen-bond acceptors (Lipinski definition) is 5. The van der Waals surface area contributed by atoms with Gasteiger partial charge >= 0.3 is 5.97 Å². The van der Waals surface area contributed by atoms with Gasteiger partial charge in [-0.15, -0.1) is 0 Å². The van der Waals surface area contributed by atoms with E-state index < -0.39 is 5.97 Å². The molecule has 2 atom stereocenters. The van der Waals surface area contributed by atoms with Gasteiger partial charge in [-0.2, -0.15) is 0 Å². The number of nitrogens with zero attached hydrogens (tertiary/aromatic N) is 2. The highest BCUT2D eigenvalue weighted by molar-refractivity contribution is 5.85. The molecule has 3 rings (SSSR count). The highest BCUT2D eigenvalue weighted by Crippen LogP contribution is 2.35. The Morgan fingerprint density at radius 2 is 2.17 bits per heavy atom. The van der Waals surface area contributed by atoms with Crippen LogP contribution in [0.25, 0.3) is 0 Å². The molecule has 0 amide bonds. The number of aromatic nitrogens is 1. The zero-order valence-electron chi connectivity index (χ0n) is 14.5. The molecule has 1 aliphatic heterocycles. The monoisotopic (exact) mass is 333 g/mol. The summed E-state index contributed by atoms with van der Waals surface area (Å²) in [5, 5.41) is 12.8. The third kappa shape index (κ3) is 3.87. The van der Waals surface area contributed by atoms with Crippen molar-refractivity contribution in [1.29, 1.82) is 0 Å². The molecule has 6 heteroatoms. The quantitative estimate of drug-likeness (QED) is 0.795. The standard InChI is InChI=1S/C18H27N3O3/c1-13-10-15(13)19-11-18(12-24-2)6-8-21(9-7-18)16-5-3-4-14(20-16)17(22)23/h3-5,13,15,19H,6-12H2,1-2H3,(H,22,23)/t13-,15-/m1/s1. The summed E-state index contributed by atoms with van der Waals surface area (Å²) in [6.45, 7) is 5.79. The zero-order valence-corrected chi connectivity index (χ0v) is 14.5. The number of carboxylic acids is 1. The lowest BCUT2D eigenvalue weighted by atomic mass is 9.79. The Balaban J connectivity index is 1.61. The molecule has 1 aliphatic carbocycles. The van der Waals surface area contributed by atoms with Crippen LogP contribution in [-0.2, 0) is 4.74 Å². The summed E-state index contributed by atoms with van der Waals surface area (Å²) < 4.78 is 5.50. The van der Waals surface area contributed by atoms with Crippen molar-refractivity contribution in [3.8, 4) is 0 Å². The van der Waals surface area contributed by atoms with E-state index in [1.165, 1.54) is 12.5 Å². The number of nitrogens with one attached hydrogen (secondary N) is 1. The van der Waals surface area contributed by atoms with Crippen molar-refractivity contribution in [1.82, 2.24) is 10.3 Å². The number of carbonyl (C=O) groups is 1. The second-order valence-electron chi connectivity index (χ2n) is 7.31. The lowest BCUT2D eigenvalue weighted by molar-refractivity contribution is 0.0579. The molecule has 0 aromatic carbocycles. The smallest absolute Gasteiger partial charge is 0.354 e. The largest absolute Gasteiger partial charge is 0.477 e. The summed E-state index contributed by atoms with van der Waals surface area (Å²) in [7, 11) is 1.77. The molecule has 24 heavy (non-hydrogen) atoms. The first-order valence-electron chi connectivity index (χ1n) is 8.71. The summed E-state index contributed by atoms with van der Waals surface area (Å²) in [4.78, 5) is 17.5. The molecule has 2 N–H and O–H groups in total. The number of hydrogen-bond donors (Lipinski definition) is 2. The number of aromatic carboxylic acids is 1. The van der Waals surface area contributed by atoms with Crippen molar-refractivity contribution in [3.05, 3.63) is 23.9 Å². The van der Waals surface area contributed by atoms with Gasteiger partial charge in [0.1, 0.15) is 5.82 Å². The van der Waals surface area contributed by atoms with Crippen LogP contribution < -0.4 is 10.2 Å². The second-order valence-corrected chi connectivity index (χ2v) is 7.31. The fourth-order valence-corrected chi connectivity index (χ4v) is 3.56. The van der Waals surface area contributed by atoms with Crippen LogP contribution in [0.3, 0.4) is 0 Å². The number of piperidine rings is 1. The Kier molecular flexibility index (Phi) is 5.06. The van der Waals surface area contributed by atoms with E-state index in [-0.39, 0.29) is 11.1 Å².